The Labute approximate surface area is 201 Å². The molecular formula is C26H18N6O2S. The van der Waals surface area contributed by atoms with E-state index in [0.29, 0.717) is 16.9 Å². The fourth-order valence-corrected chi connectivity index (χ4v) is 4.96. The highest BCUT2D eigenvalue weighted by molar-refractivity contribution is 7.92. The molecule has 8 nitrogen and oxygen atoms in total. The van der Waals surface area contributed by atoms with Crippen molar-refractivity contribution < 1.29 is 8.42 Å². The fraction of sp³-hybridized carbons (Fsp3) is 0. The minimum Gasteiger partial charge on any atom is -0.298 e. The van der Waals surface area contributed by atoms with Crippen molar-refractivity contribution >= 4 is 32.4 Å². The van der Waals surface area contributed by atoms with Crippen LogP contribution in [0.2, 0.25) is 0 Å². The van der Waals surface area contributed by atoms with Gasteiger partial charge in [-0.2, -0.15) is 0 Å². The standard InChI is InChI=1S/C26H18N6O2S/c33-35(34,21-6-2-1-3-7-21)31-20-12-19(14-27-15-20)18-9-10-22-23(13-18)30-24(16-28-22)25-17-29-26-8-4-5-11-32(25)26/h1-17,31H. The van der Waals surface area contributed by atoms with E-state index < -0.39 is 10.0 Å². The lowest BCUT2D eigenvalue weighted by molar-refractivity contribution is 0.601. The number of nitrogens with one attached hydrogen (secondary N) is 1. The van der Waals surface area contributed by atoms with Crippen LogP contribution in [0.4, 0.5) is 5.69 Å². The van der Waals surface area contributed by atoms with E-state index in [4.69, 9.17) is 4.98 Å². The van der Waals surface area contributed by atoms with E-state index in [0.717, 1.165) is 28.0 Å². The second-order valence-electron chi connectivity index (χ2n) is 7.91. The number of aromatic nitrogens is 5. The van der Waals surface area contributed by atoms with Crippen LogP contribution in [0, 0.1) is 0 Å². The molecule has 0 saturated heterocycles. The Hall–Kier alpha value is -4.63. The highest BCUT2D eigenvalue weighted by atomic mass is 32.2. The number of anilines is 1. The molecule has 0 amide bonds. The molecule has 0 aliphatic rings. The maximum absolute atomic E-state index is 12.7. The van der Waals surface area contributed by atoms with Crippen LogP contribution in [0.25, 0.3) is 39.2 Å². The Morgan fingerprint density at radius 3 is 2.49 bits per heavy atom. The van der Waals surface area contributed by atoms with Gasteiger partial charge in [0.1, 0.15) is 11.3 Å². The number of hydrogen-bond donors (Lipinski definition) is 1. The van der Waals surface area contributed by atoms with Gasteiger partial charge < -0.3 is 0 Å². The smallest absolute Gasteiger partial charge is 0.261 e. The van der Waals surface area contributed by atoms with Crippen LogP contribution in [0.3, 0.4) is 0 Å². The highest BCUT2D eigenvalue weighted by Crippen LogP contribution is 2.27. The van der Waals surface area contributed by atoms with Crippen LogP contribution in [-0.4, -0.2) is 32.8 Å². The molecule has 9 heteroatoms. The number of rotatable bonds is 5. The van der Waals surface area contributed by atoms with Gasteiger partial charge in [0.15, 0.2) is 0 Å². The summed E-state index contributed by atoms with van der Waals surface area (Å²) in [4.78, 5) is 18.2. The van der Waals surface area contributed by atoms with Gasteiger partial charge in [-0.1, -0.05) is 30.3 Å². The number of sulfonamides is 1. The lowest BCUT2D eigenvalue weighted by Crippen LogP contribution is -2.12. The van der Waals surface area contributed by atoms with E-state index in [1.165, 1.54) is 6.20 Å². The summed E-state index contributed by atoms with van der Waals surface area (Å²) in [5.41, 5.74) is 5.81. The van der Waals surface area contributed by atoms with Crippen molar-refractivity contribution in [3.63, 3.8) is 0 Å². The molecule has 0 aliphatic carbocycles. The van der Waals surface area contributed by atoms with Gasteiger partial charge >= 0.3 is 0 Å². The molecule has 6 aromatic rings. The molecule has 4 aromatic heterocycles. The summed E-state index contributed by atoms with van der Waals surface area (Å²) < 4.78 is 30.0. The number of nitrogens with zero attached hydrogens (tertiary/aromatic N) is 5. The van der Waals surface area contributed by atoms with Crippen LogP contribution >= 0.6 is 0 Å². The minimum atomic E-state index is -3.72. The first-order valence-corrected chi connectivity index (χ1v) is 12.3. The van der Waals surface area contributed by atoms with Gasteiger partial charge in [-0.3, -0.25) is 19.1 Å². The predicted molar refractivity (Wildman–Crippen MR) is 134 cm³/mol. The summed E-state index contributed by atoms with van der Waals surface area (Å²) in [5.74, 6) is 0. The monoisotopic (exact) mass is 478 g/mol. The van der Waals surface area contributed by atoms with E-state index in [1.807, 2.05) is 47.0 Å². The van der Waals surface area contributed by atoms with Gasteiger partial charge in [0.25, 0.3) is 10.0 Å². The van der Waals surface area contributed by atoms with Crippen molar-refractivity contribution in [2.45, 2.75) is 4.90 Å². The molecule has 0 radical (unpaired) electrons. The Morgan fingerprint density at radius 1 is 0.743 bits per heavy atom. The highest BCUT2D eigenvalue weighted by Gasteiger charge is 2.14. The first-order valence-electron chi connectivity index (χ1n) is 10.8. The maximum Gasteiger partial charge on any atom is 0.261 e. The van der Waals surface area contributed by atoms with E-state index in [1.54, 1.807) is 55.0 Å². The number of imidazole rings is 1. The Balaban J connectivity index is 1.36. The molecule has 0 spiro atoms. The molecule has 170 valence electrons. The van der Waals surface area contributed by atoms with E-state index >= 15 is 0 Å². The van der Waals surface area contributed by atoms with Crippen molar-refractivity contribution in [3.8, 4) is 22.5 Å². The Bertz CT molecular complexity index is 1800. The quantitative estimate of drug-likeness (QED) is 0.382. The normalized spacial score (nSPS) is 11.7. The molecule has 0 bridgehead atoms. The van der Waals surface area contributed by atoms with Gasteiger partial charge in [0.05, 0.1) is 45.9 Å². The molecule has 4 heterocycles. The van der Waals surface area contributed by atoms with Crippen LogP contribution < -0.4 is 4.72 Å². The molecule has 0 atom stereocenters. The average Bonchev–Trinajstić information content (AvgIpc) is 3.33. The Morgan fingerprint density at radius 2 is 1.60 bits per heavy atom. The summed E-state index contributed by atoms with van der Waals surface area (Å²) in [6.45, 7) is 0. The van der Waals surface area contributed by atoms with Gasteiger partial charge in [0, 0.05) is 18.0 Å². The van der Waals surface area contributed by atoms with Crippen molar-refractivity contribution in [3.05, 3.63) is 104 Å². The van der Waals surface area contributed by atoms with Crippen LogP contribution in [-0.2, 0) is 10.0 Å². The molecule has 6 rings (SSSR count). The van der Waals surface area contributed by atoms with Crippen molar-refractivity contribution in [2.24, 2.45) is 0 Å². The van der Waals surface area contributed by atoms with Crippen LogP contribution in [0.5, 0.6) is 0 Å². The lowest BCUT2D eigenvalue weighted by Gasteiger charge is -2.10. The Kier molecular flexibility index (Phi) is 4.97. The van der Waals surface area contributed by atoms with E-state index in [2.05, 4.69) is 19.7 Å². The molecular weight excluding hydrogens is 460 g/mol. The number of fused-ring (bicyclic) bond motifs is 2. The lowest BCUT2D eigenvalue weighted by atomic mass is 10.1. The SMILES string of the molecule is O=S(=O)(Nc1cncc(-c2ccc3ncc(-c4cnc5ccccn45)nc3c2)c1)c1ccccc1. The first kappa shape index (κ1) is 20.9. The summed E-state index contributed by atoms with van der Waals surface area (Å²) in [5, 5.41) is 0. The van der Waals surface area contributed by atoms with Crippen LogP contribution in [0.15, 0.2) is 109 Å². The molecule has 1 N–H and O–H groups in total. The average molecular weight is 479 g/mol. The van der Waals surface area contributed by atoms with Gasteiger partial charge in [-0.15, -0.1) is 0 Å². The number of hydrogen-bond acceptors (Lipinski definition) is 6. The third kappa shape index (κ3) is 3.98. The zero-order chi connectivity index (χ0) is 23.8. The molecule has 35 heavy (non-hydrogen) atoms. The zero-order valence-corrected chi connectivity index (χ0v) is 19.1. The van der Waals surface area contributed by atoms with Gasteiger partial charge in [0.2, 0.25) is 0 Å². The van der Waals surface area contributed by atoms with Crippen molar-refractivity contribution in [2.75, 3.05) is 4.72 Å². The summed E-state index contributed by atoms with van der Waals surface area (Å²) >= 11 is 0. The van der Waals surface area contributed by atoms with Crippen molar-refractivity contribution in [1.82, 2.24) is 24.3 Å². The fourth-order valence-electron chi connectivity index (χ4n) is 3.90. The van der Waals surface area contributed by atoms with E-state index in [-0.39, 0.29) is 4.90 Å². The van der Waals surface area contributed by atoms with Gasteiger partial charge in [-0.25, -0.2) is 18.4 Å². The maximum atomic E-state index is 12.7. The molecule has 2 aromatic carbocycles. The topological polar surface area (TPSA) is 102 Å². The summed E-state index contributed by atoms with van der Waals surface area (Å²) in [6, 6.07) is 21.5. The van der Waals surface area contributed by atoms with Crippen molar-refractivity contribution in [1.29, 1.82) is 0 Å². The third-order valence-electron chi connectivity index (χ3n) is 5.60. The van der Waals surface area contributed by atoms with Gasteiger partial charge in [-0.05, 0) is 48.0 Å². The number of pyridine rings is 2. The number of benzene rings is 2. The summed E-state index contributed by atoms with van der Waals surface area (Å²) in [7, 11) is -3.72. The first-order chi connectivity index (χ1) is 17.1. The third-order valence-corrected chi connectivity index (χ3v) is 7.00. The molecule has 0 unspecified atom stereocenters. The minimum absolute atomic E-state index is 0.186. The molecule has 0 aliphatic heterocycles. The molecule has 0 saturated carbocycles. The summed E-state index contributed by atoms with van der Waals surface area (Å²) in [6.07, 6.45) is 8.62. The molecule has 0 fully saturated rings. The second-order valence-corrected chi connectivity index (χ2v) is 9.59. The van der Waals surface area contributed by atoms with Crippen LogP contribution in [0.1, 0.15) is 0 Å². The largest absolute Gasteiger partial charge is 0.298 e. The zero-order valence-electron chi connectivity index (χ0n) is 18.3. The predicted octanol–water partition coefficient (Wildman–Crippen LogP) is 4.81. The second kappa shape index (κ2) is 8.30. The van der Waals surface area contributed by atoms with E-state index in [9.17, 15) is 8.42 Å².